The lowest BCUT2D eigenvalue weighted by Crippen LogP contribution is -2.45. The van der Waals surface area contributed by atoms with E-state index in [-0.39, 0.29) is 17.7 Å². The van der Waals surface area contributed by atoms with Crippen molar-refractivity contribution in [2.45, 2.75) is 32.2 Å². The highest BCUT2D eigenvalue weighted by Gasteiger charge is 2.27. The molecule has 1 aliphatic rings. The number of benzene rings is 1. The molecule has 23 heavy (non-hydrogen) atoms. The highest BCUT2D eigenvalue weighted by Crippen LogP contribution is 2.29. The highest BCUT2D eigenvalue weighted by atomic mass is 32.1. The number of hydrogen-bond acceptors (Lipinski definition) is 4. The molecular weight excluding hydrogens is 310 g/mol. The minimum atomic E-state index is -0.563. The van der Waals surface area contributed by atoms with Crippen molar-refractivity contribution < 1.29 is 9.59 Å². The van der Waals surface area contributed by atoms with Crippen molar-refractivity contribution in [2.24, 2.45) is 5.92 Å². The average molecular weight is 329 g/mol. The molecule has 2 aromatic rings. The molecule has 1 aromatic heterocycles. The first-order valence-electron chi connectivity index (χ1n) is 7.76. The first kappa shape index (κ1) is 15.7. The Morgan fingerprint density at radius 3 is 2.65 bits per heavy atom. The number of carbonyl (C=O) groups excluding carboxylic acids is 2. The zero-order valence-corrected chi connectivity index (χ0v) is 13.7. The summed E-state index contributed by atoms with van der Waals surface area (Å²) in [6.07, 6.45) is 4.69. The quantitative estimate of drug-likeness (QED) is 0.885. The summed E-state index contributed by atoms with van der Waals surface area (Å²) in [5.41, 5.74) is 1.07. The van der Waals surface area contributed by atoms with Crippen LogP contribution in [0.2, 0.25) is 0 Å². The molecule has 0 radical (unpaired) electrons. The molecule has 0 aliphatic heterocycles. The summed E-state index contributed by atoms with van der Waals surface area (Å²) in [7, 11) is 0. The summed E-state index contributed by atoms with van der Waals surface area (Å²) in [5, 5.41) is 6.07. The SMILES string of the molecule is CC(NC(=O)C1CCC1)C(=O)Nc1ncc(-c2ccccc2)s1. The van der Waals surface area contributed by atoms with Gasteiger partial charge in [-0.3, -0.25) is 9.59 Å². The second kappa shape index (κ2) is 6.91. The van der Waals surface area contributed by atoms with E-state index < -0.39 is 6.04 Å². The molecule has 3 rings (SSSR count). The van der Waals surface area contributed by atoms with E-state index in [9.17, 15) is 9.59 Å². The molecule has 6 heteroatoms. The molecule has 0 bridgehead atoms. The number of aromatic nitrogens is 1. The predicted octanol–water partition coefficient (Wildman–Crippen LogP) is 3.05. The van der Waals surface area contributed by atoms with Gasteiger partial charge in [-0.1, -0.05) is 48.1 Å². The van der Waals surface area contributed by atoms with Gasteiger partial charge in [0.2, 0.25) is 11.8 Å². The smallest absolute Gasteiger partial charge is 0.248 e. The molecule has 1 unspecified atom stereocenters. The fraction of sp³-hybridized carbons (Fsp3) is 0.353. The monoisotopic (exact) mass is 329 g/mol. The normalized spacial score (nSPS) is 15.5. The van der Waals surface area contributed by atoms with Gasteiger partial charge in [-0.05, 0) is 25.3 Å². The molecule has 1 saturated carbocycles. The molecule has 5 nitrogen and oxygen atoms in total. The van der Waals surface area contributed by atoms with Crippen molar-refractivity contribution in [1.82, 2.24) is 10.3 Å². The fourth-order valence-electron chi connectivity index (χ4n) is 2.35. The van der Waals surface area contributed by atoms with Crippen LogP contribution in [-0.4, -0.2) is 22.8 Å². The van der Waals surface area contributed by atoms with Gasteiger partial charge in [0, 0.05) is 12.1 Å². The summed E-state index contributed by atoms with van der Waals surface area (Å²) in [4.78, 5) is 29.3. The average Bonchev–Trinajstić information content (AvgIpc) is 2.94. The second-order valence-electron chi connectivity index (χ2n) is 5.74. The molecule has 1 aromatic carbocycles. The zero-order valence-electron chi connectivity index (χ0n) is 12.9. The molecule has 1 atom stereocenters. The summed E-state index contributed by atoms with van der Waals surface area (Å²) >= 11 is 1.42. The van der Waals surface area contributed by atoms with Gasteiger partial charge < -0.3 is 10.6 Å². The van der Waals surface area contributed by atoms with Gasteiger partial charge in [-0.2, -0.15) is 0 Å². The van der Waals surface area contributed by atoms with Crippen LogP contribution in [-0.2, 0) is 9.59 Å². The predicted molar refractivity (Wildman–Crippen MR) is 91.1 cm³/mol. The summed E-state index contributed by atoms with van der Waals surface area (Å²) in [6.45, 7) is 1.69. The first-order valence-corrected chi connectivity index (χ1v) is 8.57. The van der Waals surface area contributed by atoms with Gasteiger partial charge in [0.1, 0.15) is 6.04 Å². The highest BCUT2D eigenvalue weighted by molar-refractivity contribution is 7.19. The molecule has 2 N–H and O–H groups in total. The number of anilines is 1. The van der Waals surface area contributed by atoms with E-state index in [1.807, 2.05) is 30.3 Å². The maximum absolute atomic E-state index is 12.2. The molecule has 2 amide bonds. The third kappa shape index (κ3) is 3.76. The van der Waals surface area contributed by atoms with Crippen LogP contribution < -0.4 is 10.6 Å². The Bertz CT molecular complexity index is 695. The number of carbonyl (C=O) groups is 2. The largest absolute Gasteiger partial charge is 0.344 e. The zero-order chi connectivity index (χ0) is 16.2. The van der Waals surface area contributed by atoms with Crippen LogP contribution in [0.5, 0.6) is 0 Å². The third-order valence-electron chi connectivity index (χ3n) is 4.02. The molecule has 1 aliphatic carbocycles. The third-order valence-corrected chi connectivity index (χ3v) is 4.98. The Morgan fingerprint density at radius 1 is 1.26 bits per heavy atom. The Labute approximate surface area is 139 Å². The van der Waals surface area contributed by atoms with Crippen molar-refractivity contribution in [2.75, 3.05) is 5.32 Å². The molecule has 120 valence electrons. The molecule has 1 heterocycles. The van der Waals surface area contributed by atoms with Gasteiger partial charge in [0.15, 0.2) is 5.13 Å². The van der Waals surface area contributed by atoms with Crippen LogP contribution in [0.25, 0.3) is 10.4 Å². The Kier molecular flexibility index (Phi) is 4.71. The van der Waals surface area contributed by atoms with Crippen molar-refractivity contribution in [3.05, 3.63) is 36.5 Å². The Balaban J connectivity index is 1.57. The van der Waals surface area contributed by atoms with E-state index in [1.165, 1.54) is 11.3 Å². The number of nitrogens with zero attached hydrogens (tertiary/aromatic N) is 1. The molecule has 1 fully saturated rings. The number of rotatable bonds is 5. The van der Waals surface area contributed by atoms with Crippen LogP contribution >= 0.6 is 11.3 Å². The summed E-state index contributed by atoms with van der Waals surface area (Å²) < 4.78 is 0. The standard InChI is InChI=1S/C17H19N3O2S/c1-11(19-16(22)13-8-5-9-13)15(21)20-17-18-10-14(23-17)12-6-3-2-4-7-12/h2-4,6-7,10-11,13H,5,8-9H2,1H3,(H,19,22)(H,18,20,21). The van der Waals surface area contributed by atoms with Crippen molar-refractivity contribution in [1.29, 1.82) is 0 Å². The van der Waals surface area contributed by atoms with E-state index in [1.54, 1.807) is 13.1 Å². The van der Waals surface area contributed by atoms with Gasteiger partial charge in [0.05, 0.1) is 4.88 Å². The number of nitrogens with one attached hydrogen (secondary N) is 2. The van der Waals surface area contributed by atoms with Crippen molar-refractivity contribution in [3.8, 4) is 10.4 Å². The van der Waals surface area contributed by atoms with E-state index in [2.05, 4.69) is 15.6 Å². The number of thiazole rings is 1. The van der Waals surface area contributed by atoms with Crippen molar-refractivity contribution >= 4 is 28.3 Å². The number of amides is 2. The summed E-state index contributed by atoms with van der Waals surface area (Å²) in [5.74, 6) is -0.190. The molecule has 0 spiro atoms. The summed E-state index contributed by atoms with van der Waals surface area (Å²) in [6, 6.07) is 9.32. The lowest BCUT2D eigenvalue weighted by Gasteiger charge is -2.25. The molecule has 0 saturated heterocycles. The van der Waals surface area contributed by atoms with E-state index in [4.69, 9.17) is 0 Å². The van der Waals surface area contributed by atoms with Crippen LogP contribution in [0.15, 0.2) is 36.5 Å². The fourth-order valence-corrected chi connectivity index (χ4v) is 3.17. The number of hydrogen-bond donors (Lipinski definition) is 2. The van der Waals surface area contributed by atoms with Crippen LogP contribution in [0.4, 0.5) is 5.13 Å². The van der Waals surface area contributed by atoms with E-state index >= 15 is 0 Å². The van der Waals surface area contributed by atoms with Crippen LogP contribution in [0, 0.1) is 5.92 Å². The topological polar surface area (TPSA) is 71.1 Å². The van der Waals surface area contributed by atoms with Gasteiger partial charge >= 0.3 is 0 Å². The van der Waals surface area contributed by atoms with Crippen LogP contribution in [0.3, 0.4) is 0 Å². The second-order valence-corrected chi connectivity index (χ2v) is 6.77. The van der Waals surface area contributed by atoms with E-state index in [0.29, 0.717) is 5.13 Å². The Morgan fingerprint density at radius 2 is 2.00 bits per heavy atom. The Hall–Kier alpha value is -2.21. The first-order chi connectivity index (χ1) is 11.1. The lowest BCUT2D eigenvalue weighted by atomic mass is 9.84. The van der Waals surface area contributed by atoms with Gasteiger partial charge in [-0.15, -0.1) is 0 Å². The van der Waals surface area contributed by atoms with E-state index in [0.717, 1.165) is 29.7 Å². The lowest BCUT2D eigenvalue weighted by molar-refractivity contribution is -0.130. The maximum atomic E-state index is 12.2. The minimum absolute atomic E-state index is 0.0250. The van der Waals surface area contributed by atoms with Crippen LogP contribution in [0.1, 0.15) is 26.2 Å². The van der Waals surface area contributed by atoms with Gasteiger partial charge in [0.25, 0.3) is 0 Å². The van der Waals surface area contributed by atoms with Gasteiger partial charge in [-0.25, -0.2) is 4.98 Å². The maximum Gasteiger partial charge on any atom is 0.248 e. The minimum Gasteiger partial charge on any atom is -0.344 e. The van der Waals surface area contributed by atoms with Crippen molar-refractivity contribution in [3.63, 3.8) is 0 Å². The molecular formula is C17H19N3O2S.